The second-order valence-electron chi connectivity index (χ2n) is 5.83. The summed E-state index contributed by atoms with van der Waals surface area (Å²) >= 11 is 0. The molecule has 0 spiro atoms. The van der Waals surface area contributed by atoms with Crippen molar-refractivity contribution in [1.29, 1.82) is 0 Å². The molecular weight excluding hydrogens is 288 g/mol. The molecule has 0 saturated carbocycles. The highest BCUT2D eigenvalue weighted by atomic mass is 32.2. The zero-order valence-corrected chi connectivity index (χ0v) is 13.5. The maximum Gasteiger partial charge on any atom is 0.217 e. The third-order valence-corrected chi connectivity index (χ3v) is 5.84. The van der Waals surface area contributed by atoms with Gasteiger partial charge in [0.2, 0.25) is 10.0 Å². The van der Waals surface area contributed by atoms with E-state index in [0.29, 0.717) is 23.9 Å². The monoisotopic (exact) mass is 312 g/mol. The van der Waals surface area contributed by atoms with Gasteiger partial charge in [0, 0.05) is 24.3 Å². The Kier molecular flexibility index (Phi) is 5.11. The molecule has 1 heterocycles. The van der Waals surface area contributed by atoms with Gasteiger partial charge in [0.25, 0.3) is 0 Å². The SMILES string of the molecule is CC1CCN(S(=O)(=O)CCOc2cccc(N)c2)C(C)C1. The number of sulfonamides is 1. The van der Waals surface area contributed by atoms with E-state index in [-0.39, 0.29) is 18.4 Å². The van der Waals surface area contributed by atoms with Crippen LogP contribution in [0.5, 0.6) is 5.75 Å². The molecule has 1 aliphatic rings. The Bertz CT molecular complexity index is 574. The van der Waals surface area contributed by atoms with Crippen molar-refractivity contribution in [1.82, 2.24) is 4.31 Å². The van der Waals surface area contributed by atoms with E-state index in [1.54, 1.807) is 28.6 Å². The van der Waals surface area contributed by atoms with Crippen molar-refractivity contribution >= 4 is 15.7 Å². The summed E-state index contributed by atoms with van der Waals surface area (Å²) in [5.41, 5.74) is 6.26. The lowest BCUT2D eigenvalue weighted by atomic mass is 9.95. The highest BCUT2D eigenvalue weighted by Gasteiger charge is 2.31. The second-order valence-corrected chi connectivity index (χ2v) is 7.87. The minimum atomic E-state index is -3.26. The molecule has 1 fully saturated rings. The van der Waals surface area contributed by atoms with Crippen LogP contribution in [0, 0.1) is 5.92 Å². The number of nitrogens with two attached hydrogens (primary N) is 1. The molecule has 2 unspecified atom stereocenters. The molecule has 1 saturated heterocycles. The average molecular weight is 312 g/mol. The standard InChI is InChI=1S/C15H24N2O3S/c1-12-6-7-17(13(2)10-12)21(18,19)9-8-20-15-5-3-4-14(16)11-15/h3-5,11-13H,6-10,16H2,1-2H3. The molecule has 0 aromatic heterocycles. The normalized spacial score (nSPS) is 23.9. The summed E-state index contributed by atoms with van der Waals surface area (Å²) in [4.78, 5) is 0. The van der Waals surface area contributed by atoms with E-state index in [0.717, 1.165) is 12.8 Å². The Morgan fingerprint density at radius 2 is 2.14 bits per heavy atom. The van der Waals surface area contributed by atoms with Gasteiger partial charge in [-0.2, -0.15) is 4.31 Å². The third kappa shape index (κ3) is 4.35. The lowest BCUT2D eigenvalue weighted by molar-refractivity contribution is 0.218. The van der Waals surface area contributed by atoms with Gasteiger partial charge in [-0.25, -0.2) is 8.42 Å². The van der Waals surface area contributed by atoms with Crippen molar-refractivity contribution < 1.29 is 13.2 Å². The summed E-state index contributed by atoms with van der Waals surface area (Å²) in [7, 11) is -3.26. The van der Waals surface area contributed by atoms with Crippen LogP contribution in [-0.4, -0.2) is 37.7 Å². The fourth-order valence-corrected chi connectivity index (χ4v) is 4.33. The van der Waals surface area contributed by atoms with Gasteiger partial charge in [0.05, 0.1) is 5.75 Å². The quantitative estimate of drug-likeness (QED) is 0.845. The first-order chi connectivity index (χ1) is 9.88. The molecule has 1 aromatic carbocycles. The highest BCUT2D eigenvalue weighted by molar-refractivity contribution is 7.89. The van der Waals surface area contributed by atoms with E-state index in [4.69, 9.17) is 10.5 Å². The fourth-order valence-electron chi connectivity index (χ4n) is 2.79. The molecule has 2 atom stereocenters. The van der Waals surface area contributed by atoms with E-state index < -0.39 is 10.0 Å². The number of hydrogen-bond acceptors (Lipinski definition) is 4. The van der Waals surface area contributed by atoms with E-state index in [1.807, 2.05) is 6.92 Å². The van der Waals surface area contributed by atoms with Crippen LogP contribution in [0.3, 0.4) is 0 Å². The third-order valence-electron chi connectivity index (χ3n) is 3.90. The molecule has 21 heavy (non-hydrogen) atoms. The maximum absolute atomic E-state index is 12.4. The molecule has 0 amide bonds. The van der Waals surface area contributed by atoms with Gasteiger partial charge in [-0.15, -0.1) is 0 Å². The van der Waals surface area contributed by atoms with Crippen LogP contribution < -0.4 is 10.5 Å². The summed E-state index contributed by atoms with van der Waals surface area (Å²) in [6.07, 6.45) is 1.86. The van der Waals surface area contributed by atoms with Gasteiger partial charge < -0.3 is 10.5 Å². The number of rotatable bonds is 5. The number of benzene rings is 1. The van der Waals surface area contributed by atoms with Crippen LogP contribution in [0.25, 0.3) is 0 Å². The summed E-state index contributed by atoms with van der Waals surface area (Å²) in [5.74, 6) is 1.20. The second kappa shape index (κ2) is 6.66. The van der Waals surface area contributed by atoms with Gasteiger partial charge in [-0.05, 0) is 37.8 Å². The smallest absolute Gasteiger partial charge is 0.217 e. The fraction of sp³-hybridized carbons (Fsp3) is 0.600. The number of piperidine rings is 1. The first-order valence-electron chi connectivity index (χ1n) is 7.36. The van der Waals surface area contributed by atoms with Crippen molar-refractivity contribution in [2.45, 2.75) is 32.7 Å². The molecule has 2 N–H and O–H groups in total. The molecule has 0 radical (unpaired) electrons. The zero-order valence-electron chi connectivity index (χ0n) is 12.7. The molecule has 0 aliphatic carbocycles. The lowest BCUT2D eigenvalue weighted by Gasteiger charge is -2.35. The van der Waals surface area contributed by atoms with Crippen LogP contribution in [0.1, 0.15) is 26.7 Å². The van der Waals surface area contributed by atoms with Gasteiger partial charge in [0.15, 0.2) is 0 Å². The molecule has 0 bridgehead atoms. The summed E-state index contributed by atoms with van der Waals surface area (Å²) in [6, 6.07) is 7.09. The molecule has 5 nitrogen and oxygen atoms in total. The molecule has 118 valence electrons. The molecule has 2 rings (SSSR count). The minimum Gasteiger partial charge on any atom is -0.492 e. The van der Waals surface area contributed by atoms with E-state index in [9.17, 15) is 8.42 Å². The van der Waals surface area contributed by atoms with E-state index in [1.165, 1.54) is 0 Å². The highest BCUT2D eigenvalue weighted by Crippen LogP contribution is 2.25. The average Bonchev–Trinajstić information content (AvgIpc) is 2.38. The number of nitrogens with zero attached hydrogens (tertiary/aromatic N) is 1. The van der Waals surface area contributed by atoms with Crippen LogP contribution in [0.2, 0.25) is 0 Å². The van der Waals surface area contributed by atoms with Crippen LogP contribution in [-0.2, 0) is 10.0 Å². The molecular formula is C15H24N2O3S. The Morgan fingerprint density at radius 3 is 2.81 bits per heavy atom. The number of hydrogen-bond donors (Lipinski definition) is 1. The maximum atomic E-state index is 12.4. The summed E-state index contributed by atoms with van der Waals surface area (Å²) < 4.78 is 31.9. The van der Waals surface area contributed by atoms with Crippen LogP contribution in [0.15, 0.2) is 24.3 Å². The Hall–Kier alpha value is -1.27. The van der Waals surface area contributed by atoms with Crippen LogP contribution in [0.4, 0.5) is 5.69 Å². The Labute approximate surface area is 127 Å². The molecule has 1 aromatic rings. The van der Waals surface area contributed by atoms with Crippen LogP contribution >= 0.6 is 0 Å². The number of ether oxygens (including phenoxy) is 1. The molecule has 6 heteroatoms. The van der Waals surface area contributed by atoms with Gasteiger partial charge in [-0.3, -0.25) is 0 Å². The Balaban J connectivity index is 1.89. The zero-order chi connectivity index (χ0) is 15.5. The largest absolute Gasteiger partial charge is 0.492 e. The Morgan fingerprint density at radius 1 is 1.38 bits per heavy atom. The first-order valence-corrected chi connectivity index (χ1v) is 8.97. The van der Waals surface area contributed by atoms with Crippen molar-refractivity contribution in [2.24, 2.45) is 5.92 Å². The lowest BCUT2D eigenvalue weighted by Crippen LogP contribution is -2.45. The van der Waals surface area contributed by atoms with Crippen molar-refractivity contribution in [3.05, 3.63) is 24.3 Å². The minimum absolute atomic E-state index is 0.000516. The number of nitrogen functional groups attached to an aromatic ring is 1. The molecule has 1 aliphatic heterocycles. The van der Waals surface area contributed by atoms with Crippen molar-refractivity contribution in [3.63, 3.8) is 0 Å². The predicted molar refractivity (Wildman–Crippen MR) is 84.7 cm³/mol. The predicted octanol–water partition coefficient (Wildman–Crippen LogP) is 2.10. The van der Waals surface area contributed by atoms with E-state index >= 15 is 0 Å². The van der Waals surface area contributed by atoms with Crippen molar-refractivity contribution in [3.8, 4) is 5.75 Å². The van der Waals surface area contributed by atoms with Crippen molar-refractivity contribution in [2.75, 3.05) is 24.6 Å². The van der Waals surface area contributed by atoms with Gasteiger partial charge >= 0.3 is 0 Å². The number of anilines is 1. The summed E-state index contributed by atoms with van der Waals surface area (Å²) in [5, 5.41) is 0. The van der Waals surface area contributed by atoms with E-state index in [2.05, 4.69) is 6.92 Å². The first kappa shape index (κ1) is 16.1. The van der Waals surface area contributed by atoms with Gasteiger partial charge in [0.1, 0.15) is 12.4 Å². The van der Waals surface area contributed by atoms with Gasteiger partial charge in [-0.1, -0.05) is 13.0 Å². The topological polar surface area (TPSA) is 72.6 Å². The summed E-state index contributed by atoms with van der Waals surface area (Å²) in [6.45, 7) is 4.91.